The molecule has 0 spiro atoms. The van der Waals surface area contributed by atoms with Gasteiger partial charge in [0.2, 0.25) is 0 Å². The van der Waals surface area contributed by atoms with Crippen molar-refractivity contribution in [3.8, 4) is 22.5 Å². The van der Waals surface area contributed by atoms with Crippen LogP contribution in [-0.2, 0) is 25.7 Å². The average molecular weight is 588 g/mol. The number of rotatable bonds is 18. The molecule has 43 heavy (non-hydrogen) atoms. The van der Waals surface area contributed by atoms with E-state index in [2.05, 4.69) is 52.0 Å². The molecule has 0 aliphatic carbocycles. The van der Waals surface area contributed by atoms with E-state index in [1.807, 2.05) is 36.4 Å². The van der Waals surface area contributed by atoms with Gasteiger partial charge in [0.25, 0.3) is 0 Å². The van der Waals surface area contributed by atoms with E-state index >= 15 is 0 Å². The molecule has 0 amide bonds. The van der Waals surface area contributed by atoms with E-state index in [4.69, 9.17) is 19.7 Å². The van der Waals surface area contributed by atoms with Crippen LogP contribution in [0.1, 0.15) is 102 Å². The topological polar surface area (TPSA) is 114 Å². The monoisotopic (exact) mass is 587 g/mol. The van der Waals surface area contributed by atoms with Gasteiger partial charge in [0.05, 0.1) is 22.8 Å². The smallest absolute Gasteiger partial charge is 0.544 e. The van der Waals surface area contributed by atoms with Crippen molar-refractivity contribution in [3.05, 3.63) is 83.2 Å². The second-order valence-corrected chi connectivity index (χ2v) is 10.9. The van der Waals surface area contributed by atoms with E-state index in [0.717, 1.165) is 122 Å². The molecule has 0 fully saturated rings. The Labute approximate surface area is 258 Å². The van der Waals surface area contributed by atoms with Crippen LogP contribution in [0.15, 0.2) is 60.7 Å². The van der Waals surface area contributed by atoms with Crippen LogP contribution in [-0.4, -0.2) is 27.2 Å². The maximum absolute atomic E-state index is 13.5. The summed E-state index contributed by atoms with van der Waals surface area (Å²) in [5, 5.41) is 23.2. The van der Waals surface area contributed by atoms with E-state index in [9.17, 15) is 5.02 Å². The van der Waals surface area contributed by atoms with Crippen LogP contribution >= 0.6 is 0 Å². The summed E-state index contributed by atoms with van der Waals surface area (Å²) in [5.41, 5.74) is 8.00. The molecule has 2 heterocycles. The van der Waals surface area contributed by atoms with Gasteiger partial charge in [0.1, 0.15) is 0 Å². The first-order valence-electron chi connectivity index (χ1n) is 15.9. The molecule has 2 aromatic carbocycles. The maximum Gasteiger partial charge on any atom is 0.544 e. The number of nitrogens with zero attached hydrogens (tertiary/aromatic N) is 4. The first-order valence-corrected chi connectivity index (χ1v) is 15.9. The Morgan fingerprint density at radius 2 is 0.930 bits per heavy atom. The van der Waals surface area contributed by atoms with Gasteiger partial charge in [0.15, 0.2) is 0 Å². The highest BCUT2D eigenvalue weighted by molar-refractivity contribution is 6.32. The van der Waals surface area contributed by atoms with Gasteiger partial charge in [-0.15, -0.1) is 19.9 Å². The number of hydrogen-bond acceptors (Lipinski definition) is 5. The van der Waals surface area contributed by atoms with E-state index in [0.29, 0.717) is 0 Å². The zero-order valence-corrected chi connectivity index (χ0v) is 26.8. The van der Waals surface area contributed by atoms with Crippen molar-refractivity contribution in [2.75, 3.05) is 0 Å². The molecule has 0 atom stereocenters. The molecule has 2 aromatic heterocycles. The minimum Gasteiger partial charge on any atom is -0.805 e. The van der Waals surface area contributed by atoms with Crippen molar-refractivity contribution in [3.63, 3.8) is 0 Å². The number of aromatic nitrogens is 4. The van der Waals surface area contributed by atoms with Gasteiger partial charge < -0.3 is 20.7 Å². The van der Waals surface area contributed by atoms with Gasteiger partial charge in [-0.05, 0) is 51.4 Å². The first kappa shape index (κ1) is 33.9. The Morgan fingerprint density at radius 1 is 0.581 bits per heavy atom. The summed E-state index contributed by atoms with van der Waals surface area (Å²) >= 11 is 0. The fourth-order valence-corrected chi connectivity index (χ4v) is 5.35. The Kier molecular flexibility index (Phi) is 13.8. The summed E-state index contributed by atoms with van der Waals surface area (Å²) in [5.74, 6) is 0. The van der Waals surface area contributed by atoms with Gasteiger partial charge in [-0.2, -0.15) is 0 Å². The highest BCUT2D eigenvalue weighted by Gasteiger charge is 2.24. The predicted molar refractivity (Wildman–Crippen MR) is 175 cm³/mol. The lowest BCUT2D eigenvalue weighted by molar-refractivity contribution is -0.258. The Bertz CT molecular complexity index is 1250. The van der Waals surface area contributed by atoms with E-state index in [1.54, 1.807) is 0 Å². The van der Waals surface area contributed by atoms with Gasteiger partial charge in [-0.1, -0.05) is 114 Å². The first-order chi connectivity index (χ1) is 20.6. The van der Waals surface area contributed by atoms with Gasteiger partial charge in [-0.3, -0.25) is 0 Å². The van der Waals surface area contributed by atoms with Gasteiger partial charge >= 0.3 is 7.32 Å². The summed E-state index contributed by atoms with van der Waals surface area (Å²) in [6, 6.07) is 20.3. The molecule has 0 saturated heterocycles. The van der Waals surface area contributed by atoms with Crippen LogP contribution in [0, 0.1) is 0 Å². The minimum atomic E-state index is -1.84. The summed E-state index contributed by atoms with van der Waals surface area (Å²) < 4.78 is 11.9. The van der Waals surface area contributed by atoms with Crippen molar-refractivity contribution >= 4 is 7.32 Å². The number of quaternary nitrogens is 1. The fraction of sp³-hybridized carbons (Fsp3) is 0.471. The van der Waals surface area contributed by atoms with Crippen LogP contribution in [0.5, 0.6) is 0 Å². The largest absolute Gasteiger partial charge is 0.805 e. The third kappa shape index (κ3) is 8.74. The number of hydrogen-bond donors (Lipinski definition) is 1. The SMILES string of the molecule is CCCCc1c(-c2ccccc2)nn(OB([O-])On2nc(-c3ccccc3)c(CCCC)c2CCCC)c1CCCC.[NH4+]. The number of unbranched alkanes of at least 4 members (excludes halogenated alkanes) is 4. The molecule has 0 bridgehead atoms. The molecule has 4 rings (SSSR count). The highest BCUT2D eigenvalue weighted by atomic mass is 16.8. The van der Waals surface area contributed by atoms with Crippen LogP contribution in [0.4, 0.5) is 0 Å². The molecule has 0 aliphatic heterocycles. The van der Waals surface area contributed by atoms with Crippen molar-refractivity contribution in [1.82, 2.24) is 26.0 Å². The molecule has 0 aliphatic rings. The summed E-state index contributed by atoms with van der Waals surface area (Å²) in [4.78, 5) is 2.87. The number of benzene rings is 2. The molecule has 0 radical (unpaired) electrons. The molecule has 8 nitrogen and oxygen atoms in total. The van der Waals surface area contributed by atoms with E-state index in [-0.39, 0.29) is 6.15 Å². The standard InChI is InChI=1S/C34H46BN4O3.H3N/c1-5-9-23-29-31(25-11-7-3)38(36-33(29)27-19-15-13-16-20-27)41-35(40)42-39-32(26-12-8-4)30(24-10-6-2)34(37-39)28-21-17-14-18-22-28;/h13-22H,5-12,23-26H2,1-4H3;1H3/q-1;/p+1. The van der Waals surface area contributed by atoms with Crippen molar-refractivity contribution < 1.29 is 14.5 Å². The maximum atomic E-state index is 13.5. The van der Waals surface area contributed by atoms with Gasteiger partial charge in [0, 0.05) is 22.3 Å². The molecular weight excluding hydrogens is 537 g/mol. The summed E-state index contributed by atoms with van der Waals surface area (Å²) in [7, 11) is -1.84. The van der Waals surface area contributed by atoms with Crippen LogP contribution < -0.4 is 20.7 Å². The zero-order chi connectivity index (χ0) is 29.7. The van der Waals surface area contributed by atoms with Crippen LogP contribution in [0.3, 0.4) is 0 Å². The van der Waals surface area contributed by atoms with E-state index in [1.165, 1.54) is 9.69 Å². The predicted octanol–water partition coefficient (Wildman–Crippen LogP) is 7.06. The zero-order valence-electron chi connectivity index (χ0n) is 26.8. The summed E-state index contributed by atoms with van der Waals surface area (Å²) in [6.07, 6.45) is 11.6. The molecule has 0 unspecified atom stereocenters. The Balaban J connectivity index is 0.00000506. The molecule has 4 N–H and O–H groups in total. The second kappa shape index (κ2) is 17.5. The third-order valence-corrected chi connectivity index (χ3v) is 7.67. The van der Waals surface area contributed by atoms with Crippen LogP contribution in [0.2, 0.25) is 0 Å². The van der Waals surface area contributed by atoms with Crippen molar-refractivity contribution in [2.45, 2.75) is 105 Å². The summed E-state index contributed by atoms with van der Waals surface area (Å²) in [6.45, 7) is 8.71. The minimum absolute atomic E-state index is 0. The second-order valence-electron chi connectivity index (χ2n) is 10.9. The third-order valence-electron chi connectivity index (χ3n) is 7.67. The van der Waals surface area contributed by atoms with E-state index < -0.39 is 7.32 Å². The highest BCUT2D eigenvalue weighted by Crippen LogP contribution is 2.29. The molecule has 9 heteroatoms. The molecular formula is C34H50BN5O3. The average Bonchev–Trinajstić information content (AvgIpc) is 3.54. The molecule has 4 aromatic rings. The fourth-order valence-electron chi connectivity index (χ4n) is 5.35. The molecule has 232 valence electrons. The molecule has 0 saturated carbocycles. The Hall–Kier alpha value is -3.56. The lowest BCUT2D eigenvalue weighted by Gasteiger charge is -2.22. The lowest BCUT2D eigenvalue weighted by Crippen LogP contribution is -2.52. The van der Waals surface area contributed by atoms with Crippen molar-refractivity contribution in [2.24, 2.45) is 0 Å². The van der Waals surface area contributed by atoms with Crippen molar-refractivity contribution in [1.29, 1.82) is 0 Å². The van der Waals surface area contributed by atoms with Gasteiger partial charge in [-0.25, -0.2) is 0 Å². The lowest BCUT2D eigenvalue weighted by atomic mass is 9.99. The quantitative estimate of drug-likeness (QED) is 0.125. The Morgan fingerprint density at radius 3 is 1.28 bits per heavy atom. The van der Waals surface area contributed by atoms with Crippen LogP contribution in [0.25, 0.3) is 22.5 Å². The normalized spacial score (nSPS) is 10.9.